The Morgan fingerprint density at radius 1 is 1.30 bits per heavy atom. The normalized spacial score (nSPS) is 14.8. The van der Waals surface area contributed by atoms with Crippen LogP contribution in [0.25, 0.3) is 0 Å². The molecule has 1 aromatic rings. The highest BCUT2D eigenvalue weighted by atomic mass is 35.5. The molecule has 2 N–H and O–H groups in total. The van der Waals surface area contributed by atoms with Crippen molar-refractivity contribution in [2.24, 2.45) is 5.92 Å². The summed E-state index contributed by atoms with van der Waals surface area (Å²) in [6.45, 7) is 0.825. The number of hydrogen-bond donors (Lipinski definition) is 2. The van der Waals surface area contributed by atoms with Gasteiger partial charge in [0.2, 0.25) is 5.91 Å². The molecule has 0 aromatic heterocycles. The molecular weight excluding hydrogens is 272 g/mol. The Morgan fingerprint density at radius 3 is 2.75 bits per heavy atom. The Hall–Kier alpha value is -1.06. The molecule has 0 radical (unpaired) electrons. The topological polar surface area (TPSA) is 41.1 Å². The lowest BCUT2D eigenvalue weighted by molar-refractivity contribution is -0.116. The van der Waals surface area contributed by atoms with Crippen molar-refractivity contribution in [1.82, 2.24) is 5.32 Å². The first-order valence-electron chi connectivity index (χ1n) is 7.31. The minimum atomic E-state index is 0. The summed E-state index contributed by atoms with van der Waals surface area (Å²) in [4.78, 5) is 11.9. The summed E-state index contributed by atoms with van der Waals surface area (Å²) in [6, 6.07) is 8.03. The van der Waals surface area contributed by atoms with Gasteiger partial charge in [0.05, 0.1) is 0 Å². The molecule has 1 fully saturated rings. The van der Waals surface area contributed by atoms with Crippen LogP contribution in [0.4, 0.5) is 5.69 Å². The SMILES string of the molecule is CNCc1cccc(NC(=O)CCC2CCCC2)c1.Cl. The summed E-state index contributed by atoms with van der Waals surface area (Å²) in [7, 11) is 1.92. The van der Waals surface area contributed by atoms with E-state index in [1.165, 1.54) is 31.2 Å². The zero-order chi connectivity index (χ0) is 13.5. The summed E-state index contributed by atoms with van der Waals surface area (Å²) in [5.41, 5.74) is 2.10. The molecule has 0 heterocycles. The highest BCUT2D eigenvalue weighted by Crippen LogP contribution is 2.28. The van der Waals surface area contributed by atoms with Crippen molar-refractivity contribution in [2.45, 2.75) is 45.1 Å². The van der Waals surface area contributed by atoms with Crippen LogP contribution in [0.3, 0.4) is 0 Å². The van der Waals surface area contributed by atoms with Crippen molar-refractivity contribution < 1.29 is 4.79 Å². The first-order chi connectivity index (χ1) is 9.28. The van der Waals surface area contributed by atoms with Crippen LogP contribution >= 0.6 is 12.4 Å². The maximum absolute atomic E-state index is 11.9. The van der Waals surface area contributed by atoms with Crippen LogP contribution in [0.1, 0.15) is 44.1 Å². The molecule has 0 unspecified atom stereocenters. The lowest BCUT2D eigenvalue weighted by atomic mass is 10.0. The van der Waals surface area contributed by atoms with Crippen LogP contribution in [0.15, 0.2) is 24.3 Å². The van der Waals surface area contributed by atoms with Crippen LogP contribution < -0.4 is 10.6 Å². The van der Waals surface area contributed by atoms with Crippen LogP contribution in [-0.4, -0.2) is 13.0 Å². The van der Waals surface area contributed by atoms with E-state index in [4.69, 9.17) is 0 Å². The fraction of sp³-hybridized carbons (Fsp3) is 0.562. The van der Waals surface area contributed by atoms with Crippen LogP contribution in [0, 0.1) is 5.92 Å². The molecule has 0 spiro atoms. The predicted molar refractivity (Wildman–Crippen MR) is 86.3 cm³/mol. The fourth-order valence-electron chi connectivity index (χ4n) is 2.82. The standard InChI is InChI=1S/C16H24N2O.ClH/c1-17-12-14-7-4-8-15(11-14)18-16(19)10-9-13-5-2-3-6-13;/h4,7-8,11,13,17H,2-3,5-6,9-10,12H2,1H3,(H,18,19);1H. The summed E-state index contributed by atoms with van der Waals surface area (Å²) in [5.74, 6) is 0.926. The highest BCUT2D eigenvalue weighted by Gasteiger charge is 2.16. The molecule has 112 valence electrons. The van der Waals surface area contributed by atoms with E-state index in [0.29, 0.717) is 6.42 Å². The van der Waals surface area contributed by atoms with E-state index in [0.717, 1.165) is 24.6 Å². The van der Waals surface area contributed by atoms with E-state index in [9.17, 15) is 4.79 Å². The number of anilines is 1. The number of amides is 1. The molecule has 0 aliphatic heterocycles. The van der Waals surface area contributed by atoms with E-state index in [1.54, 1.807) is 0 Å². The molecule has 1 amide bonds. The third kappa shape index (κ3) is 5.51. The molecule has 1 aliphatic rings. The Labute approximate surface area is 127 Å². The smallest absolute Gasteiger partial charge is 0.224 e. The molecule has 0 atom stereocenters. The second-order valence-corrected chi connectivity index (χ2v) is 5.47. The average molecular weight is 297 g/mol. The van der Waals surface area contributed by atoms with Gasteiger partial charge < -0.3 is 10.6 Å². The molecule has 2 rings (SSSR count). The molecule has 1 saturated carbocycles. The molecule has 1 aliphatic carbocycles. The number of rotatable bonds is 6. The number of halogens is 1. The zero-order valence-corrected chi connectivity index (χ0v) is 13.0. The molecule has 1 aromatic carbocycles. The minimum Gasteiger partial charge on any atom is -0.326 e. The summed E-state index contributed by atoms with van der Waals surface area (Å²) in [6.07, 6.45) is 7.01. The van der Waals surface area contributed by atoms with Gasteiger partial charge in [-0.1, -0.05) is 37.8 Å². The van der Waals surface area contributed by atoms with Gasteiger partial charge in [0.25, 0.3) is 0 Å². The van der Waals surface area contributed by atoms with Gasteiger partial charge in [-0.3, -0.25) is 4.79 Å². The van der Waals surface area contributed by atoms with Crippen molar-refractivity contribution in [3.63, 3.8) is 0 Å². The monoisotopic (exact) mass is 296 g/mol. The van der Waals surface area contributed by atoms with Crippen LogP contribution in [0.2, 0.25) is 0 Å². The van der Waals surface area contributed by atoms with Gasteiger partial charge in [-0.2, -0.15) is 0 Å². The fourth-order valence-corrected chi connectivity index (χ4v) is 2.82. The van der Waals surface area contributed by atoms with E-state index in [-0.39, 0.29) is 18.3 Å². The van der Waals surface area contributed by atoms with Gasteiger partial charge in [-0.25, -0.2) is 0 Å². The Bertz CT molecular complexity index is 417. The second kappa shape index (κ2) is 8.98. The predicted octanol–water partition coefficient (Wildman–Crippen LogP) is 3.74. The molecule has 0 saturated heterocycles. The Morgan fingerprint density at radius 2 is 2.05 bits per heavy atom. The van der Waals surface area contributed by atoms with Gasteiger partial charge in [-0.15, -0.1) is 12.4 Å². The quantitative estimate of drug-likeness (QED) is 0.840. The van der Waals surface area contributed by atoms with E-state index in [2.05, 4.69) is 16.7 Å². The van der Waals surface area contributed by atoms with E-state index < -0.39 is 0 Å². The van der Waals surface area contributed by atoms with Gasteiger partial charge in [0, 0.05) is 18.7 Å². The average Bonchev–Trinajstić information content (AvgIpc) is 2.90. The van der Waals surface area contributed by atoms with E-state index >= 15 is 0 Å². The Kier molecular flexibility index (Phi) is 7.63. The van der Waals surface area contributed by atoms with Gasteiger partial charge in [0.1, 0.15) is 0 Å². The number of hydrogen-bond acceptors (Lipinski definition) is 2. The van der Waals surface area contributed by atoms with Crippen molar-refractivity contribution in [3.05, 3.63) is 29.8 Å². The maximum atomic E-state index is 11.9. The molecule has 4 heteroatoms. The number of carbonyl (C=O) groups is 1. The first kappa shape index (κ1) is 17.0. The van der Waals surface area contributed by atoms with Gasteiger partial charge >= 0.3 is 0 Å². The molecule has 3 nitrogen and oxygen atoms in total. The number of nitrogens with one attached hydrogen (secondary N) is 2. The first-order valence-corrected chi connectivity index (χ1v) is 7.31. The van der Waals surface area contributed by atoms with Crippen LogP contribution in [0.5, 0.6) is 0 Å². The molecule has 0 bridgehead atoms. The summed E-state index contributed by atoms with van der Waals surface area (Å²) < 4.78 is 0. The van der Waals surface area contributed by atoms with Crippen molar-refractivity contribution in [1.29, 1.82) is 0 Å². The maximum Gasteiger partial charge on any atom is 0.224 e. The van der Waals surface area contributed by atoms with Crippen molar-refractivity contribution in [2.75, 3.05) is 12.4 Å². The lowest BCUT2D eigenvalue weighted by Gasteiger charge is -2.10. The number of benzene rings is 1. The van der Waals surface area contributed by atoms with Gasteiger partial charge in [-0.05, 0) is 37.1 Å². The third-order valence-corrected chi connectivity index (χ3v) is 3.85. The summed E-state index contributed by atoms with van der Waals surface area (Å²) in [5, 5.41) is 6.11. The summed E-state index contributed by atoms with van der Waals surface area (Å²) >= 11 is 0. The van der Waals surface area contributed by atoms with Crippen molar-refractivity contribution >= 4 is 24.0 Å². The highest BCUT2D eigenvalue weighted by molar-refractivity contribution is 5.90. The zero-order valence-electron chi connectivity index (χ0n) is 12.2. The van der Waals surface area contributed by atoms with Gasteiger partial charge in [0.15, 0.2) is 0 Å². The number of carbonyl (C=O) groups excluding carboxylic acids is 1. The minimum absolute atomic E-state index is 0. The lowest BCUT2D eigenvalue weighted by Crippen LogP contribution is -2.13. The van der Waals surface area contributed by atoms with E-state index in [1.807, 2.05) is 25.2 Å². The Balaban J connectivity index is 0.00000200. The van der Waals surface area contributed by atoms with Crippen molar-refractivity contribution in [3.8, 4) is 0 Å². The van der Waals surface area contributed by atoms with Crippen LogP contribution in [-0.2, 0) is 11.3 Å². The third-order valence-electron chi connectivity index (χ3n) is 3.85. The molecule has 20 heavy (non-hydrogen) atoms. The second-order valence-electron chi connectivity index (χ2n) is 5.47. The largest absolute Gasteiger partial charge is 0.326 e. The molecular formula is C16H25ClN2O.